The lowest BCUT2D eigenvalue weighted by atomic mass is 9.67. The van der Waals surface area contributed by atoms with Gasteiger partial charge in [-0.2, -0.15) is 5.26 Å². The van der Waals surface area contributed by atoms with Crippen LogP contribution in [0.15, 0.2) is 35.8 Å². The van der Waals surface area contributed by atoms with Gasteiger partial charge in [-0.1, -0.05) is 6.07 Å². The summed E-state index contributed by atoms with van der Waals surface area (Å²) in [5.41, 5.74) is 6.82. The van der Waals surface area contributed by atoms with E-state index in [1.807, 2.05) is 17.6 Å². The summed E-state index contributed by atoms with van der Waals surface area (Å²) in [5.74, 6) is 1.96. The van der Waals surface area contributed by atoms with Crippen molar-refractivity contribution in [3.05, 3.63) is 58.3 Å². The Kier molecular flexibility index (Phi) is 3.19. The Hall–Kier alpha value is -2.45. The molecule has 2 heterocycles. The third kappa shape index (κ3) is 2.08. The molecule has 0 radical (unpaired) electrons. The summed E-state index contributed by atoms with van der Waals surface area (Å²) in [6, 6.07) is 11.5. The van der Waals surface area contributed by atoms with Crippen molar-refractivity contribution in [2.75, 3.05) is 5.32 Å². The van der Waals surface area contributed by atoms with Gasteiger partial charge >= 0.3 is 0 Å². The fourth-order valence-electron chi connectivity index (χ4n) is 6.05. The van der Waals surface area contributed by atoms with Crippen molar-refractivity contribution in [2.24, 2.45) is 17.8 Å². The van der Waals surface area contributed by atoms with Gasteiger partial charge in [-0.05, 0) is 72.8 Å². The van der Waals surface area contributed by atoms with Gasteiger partial charge in [0, 0.05) is 11.3 Å². The summed E-state index contributed by atoms with van der Waals surface area (Å²) in [7, 11) is 0. The molecule has 0 spiro atoms. The van der Waals surface area contributed by atoms with E-state index in [2.05, 4.69) is 17.4 Å². The molecule has 1 N–H and O–H groups in total. The van der Waals surface area contributed by atoms with Crippen LogP contribution >= 0.6 is 11.3 Å². The number of nitrogens with one attached hydrogen (secondary N) is 1. The number of hydrogen-bond donors (Lipinski definition) is 1. The smallest absolute Gasteiger partial charge is 0.140 e. The van der Waals surface area contributed by atoms with Crippen molar-refractivity contribution in [2.45, 2.75) is 31.2 Å². The molecule has 2 fully saturated rings. The van der Waals surface area contributed by atoms with Crippen LogP contribution in [0.25, 0.3) is 10.2 Å². The fraction of sp³-hybridized carbons (Fsp3) is 0.364. The van der Waals surface area contributed by atoms with Crippen molar-refractivity contribution in [1.29, 1.82) is 5.26 Å². The zero-order chi connectivity index (χ0) is 18.1. The highest BCUT2D eigenvalue weighted by molar-refractivity contribution is 7.16. The highest BCUT2D eigenvalue weighted by atomic mass is 32.1. The van der Waals surface area contributed by atoms with E-state index in [1.165, 1.54) is 35.6 Å². The van der Waals surface area contributed by atoms with Crippen molar-refractivity contribution >= 4 is 27.2 Å². The van der Waals surface area contributed by atoms with Gasteiger partial charge in [-0.25, -0.2) is 9.37 Å². The lowest BCUT2D eigenvalue weighted by molar-refractivity contribution is 0.248. The summed E-state index contributed by atoms with van der Waals surface area (Å²) in [5, 5.41) is 13.0. The maximum absolute atomic E-state index is 13.9. The molecule has 3 nitrogen and oxygen atoms in total. The highest BCUT2D eigenvalue weighted by Gasteiger charge is 2.54. The number of rotatable bonds is 1. The fourth-order valence-corrected chi connectivity index (χ4v) is 6.74. The van der Waals surface area contributed by atoms with Gasteiger partial charge in [0.2, 0.25) is 0 Å². The summed E-state index contributed by atoms with van der Waals surface area (Å²) >= 11 is 1.70. The minimum Gasteiger partial charge on any atom is -0.378 e. The normalized spacial score (nSPS) is 30.6. The first kappa shape index (κ1) is 15.6. The van der Waals surface area contributed by atoms with Crippen molar-refractivity contribution in [1.82, 2.24) is 4.98 Å². The van der Waals surface area contributed by atoms with Gasteiger partial charge in [0.15, 0.2) is 0 Å². The van der Waals surface area contributed by atoms with E-state index < -0.39 is 5.82 Å². The highest BCUT2D eigenvalue weighted by Crippen LogP contribution is 2.64. The minimum atomic E-state index is -0.439. The van der Waals surface area contributed by atoms with Crippen LogP contribution < -0.4 is 5.32 Å². The van der Waals surface area contributed by atoms with Crippen molar-refractivity contribution in [3.63, 3.8) is 0 Å². The number of nitriles is 1. The number of fused-ring (bicyclic) bond motifs is 9. The van der Waals surface area contributed by atoms with Crippen LogP contribution in [0.1, 0.15) is 47.9 Å². The first-order valence-electron chi connectivity index (χ1n) is 9.57. The number of anilines is 1. The standard InChI is InChI=1S/C22H18FN3S/c23-15-4-3-13(8-14(15)9-24)21-19-12-2-1-11(7-12)18(19)20-16(26-21)5-6-17-22(20)25-10-27-17/h3-6,8,10-12,18-19,21,26H,1-2,7H2/t11-,12+,18+,19-,21+/m1/s1. The summed E-state index contributed by atoms with van der Waals surface area (Å²) in [6.07, 6.45) is 3.85. The minimum absolute atomic E-state index is 0.126. The molecule has 0 unspecified atom stereocenters. The SMILES string of the molecule is N#Cc1cc([C@@H]2Nc3ccc4scnc4c3[C@H]3[C@@H]4CC[C@@H](C4)[C@H]32)ccc1F. The van der Waals surface area contributed by atoms with Crippen LogP contribution in [0.3, 0.4) is 0 Å². The predicted octanol–water partition coefficient (Wildman–Crippen LogP) is 5.60. The molecule has 0 amide bonds. The van der Waals surface area contributed by atoms with Crippen LogP contribution in [0.2, 0.25) is 0 Å². The van der Waals surface area contributed by atoms with E-state index in [4.69, 9.17) is 4.98 Å². The number of thiazole rings is 1. The van der Waals surface area contributed by atoms with E-state index in [9.17, 15) is 9.65 Å². The van der Waals surface area contributed by atoms with Crippen molar-refractivity contribution < 1.29 is 4.39 Å². The summed E-state index contributed by atoms with van der Waals surface area (Å²) < 4.78 is 15.1. The summed E-state index contributed by atoms with van der Waals surface area (Å²) in [4.78, 5) is 4.70. The lowest BCUT2D eigenvalue weighted by Crippen LogP contribution is -2.35. The molecule has 0 saturated heterocycles. The maximum Gasteiger partial charge on any atom is 0.140 e. The Morgan fingerprint density at radius 3 is 2.96 bits per heavy atom. The van der Waals surface area contributed by atoms with E-state index in [1.54, 1.807) is 17.4 Å². The number of hydrogen-bond acceptors (Lipinski definition) is 4. The number of halogens is 1. The monoisotopic (exact) mass is 375 g/mol. The first-order valence-corrected chi connectivity index (χ1v) is 10.4. The molecule has 2 aromatic carbocycles. The van der Waals surface area contributed by atoms with Gasteiger partial charge < -0.3 is 5.32 Å². The third-order valence-electron chi connectivity index (χ3n) is 7.02. The van der Waals surface area contributed by atoms with Crippen LogP contribution in [-0.2, 0) is 0 Å². The second-order valence-electron chi connectivity index (χ2n) is 8.14. The quantitative estimate of drug-likeness (QED) is 0.602. The number of nitrogens with zero attached hydrogens (tertiary/aromatic N) is 2. The van der Waals surface area contributed by atoms with E-state index >= 15 is 0 Å². The molecule has 3 aliphatic rings. The Morgan fingerprint density at radius 1 is 1.19 bits per heavy atom. The van der Waals surface area contributed by atoms with Crippen molar-refractivity contribution in [3.8, 4) is 6.07 Å². The molecule has 2 aliphatic carbocycles. The Bertz CT molecular complexity index is 1110. The molecule has 1 aliphatic heterocycles. The lowest BCUT2D eigenvalue weighted by Gasteiger charge is -2.43. The molecule has 1 aromatic heterocycles. The van der Waals surface area contributed by atoms with Crippen LogP contribution in [-0.4, -0.2) is 4.98 Å². The third-order valence-corrected chi connectivity index (χ3v) is 7.82. The molecule has 5 heteroatoms. The van der Waals surface area contributed by atoms with E-state index in [0.29, 0.717) is 23.7 Å². The average Bonchev–Trinajstić information content (AvgIpc) is 3.43. The second-order valence-corrected chi connectivity index (χ2v) is 9.02. The largest absolute Gasteiger partial charge is 0.378 e. The molecule has 27 heavy (non-hydrogen) atoms. The Balaban J connectivity index is 1.55. The van der Waals surface area contributed by atoms with Crippen LogP contribution in [0, 0.1) is 34.9 Å². The summed E-state index contributed by atoms with van der Waals surface area (Å²) in [6.45, 7) is 0. The van der Waals surface area contributed by atoms with E-state index in [-0.39, 0.29) is 11.6 Å². The average molecular weight is 375 g/mol. The molecule has 5 atom stereocenters. The van der Waals surface area contributed by atoms with Gasteiger partial charge in [-0.3, -0.25) is 0 Å². The molecular formula is C22H18FN3S. The molecule has 2 saturated carbocycles. The van der Waals surface area contributed by atoms with Gasteiger partial charge in [0.1, 0.15) is 11.9 Å². The zero-order valence-corrected chi connectivity index (χ0v) is 15.5. The van der Waals surface area contributed by atoms with Gasteiger partial charge in [0.05, 0.1) is 27.3 Å². The molecule has 2 bridgehead atoms. The van der Waals surface area contributed by atoms with Gasteiger partial charge in [-0.15, -0.1) is 11.3 Å². The number of benzene rings is 2. The first-order chi connectivity index (χ1) is 13.2. The topological polar surface area (TPSA) is 48.7 Å². The maximum atomic E-state index is 13.9. The number of aromatic nitrogens is 1. The molecule has 6 rings (SSSR count). The molecular weight excluding hydrogens is 357 g/mol. The Morgan fingerprint density at radius 2 is 2.07 bits per heavy atom. The van der Waals surface area contributed by atoms with Gasteiger partial charge in [0.25, 0.3) is 0 Å². The van der Waals surface area contributed by atoms with Crippen LogP contribution in [0.4, 0.5) is 10.1 Å². The second kappa shape index (κ2) is 5.53. The zero-order valence-electron chi connectivity index (χ0n) is 14.7. The molecule has 3 aromatic rings. The van der Waals surface area contributed by atoms with Crippen LogP contribution in [0.5, 0.6) is 0 Å². The predicted molar refractivity (Wildman–Crippen MR) is 104 cm³/mol. The Labute approximate surface area is 160 Å². The van der Waals surface area contributed by atoms with E-state index in [0.717, 1.165) is 16.8 Å². The molecule has 134 valence electrons.